The van der Waals surface area contributed by atoms with E-state index in [2.05, 4.69) is 0 Å². The minimum atomic E-state index is -3.75. The summed E-state index contributed by atoms with van der Waals surface area (Å²) in [5.74, 6) is -0.489. The summed E-state index contributed by atoms with van der Waals surface area (Å²) >= 11 is 0. The van der Waals surface area contributed by atoms with Crippen LogP contribution in [-0.4, -0.2) is 27.5 Å². The summed E-state index contributed by atoms with van der Waals surface area (Å²) in [7, 11) is -3.75. The molecule has 2 aromatic carbocycles. The summed E-state index contributed by atoms with van der Waals surface area (Å²) in [6.07, 6.45) is 1.24. The van der Waals surface area contributed by atoms with Crippen LogP contribution in [0.2, 0.25) is 0 Å². The first-order valence-electron chi connectivity index (χ1n) is 7.86. The van der Waals surface area contributed by atoms with Gasteiger partial charge in [-0.15, -0.1) is 0 Å². The Morgan fingerprint density at radius 1 is 1.00 bits per heavy atom. The molecule has 24 heavy (non-hydrogen) atoms. The van der Waals surface area contributed by atoms with Crippen LogP contribution in [0.5, 0.6) is 0 Å². The highest BCUT2D eigenvalue weighted by molar-refractivity contribution is 7.92. The molecule has 0 bridgehead atoms. The Hall–Kier alpha value is -2.34. The highest BCUT2D eigenvalue weighted by Gasteiger charge is 2.29. The predicted octanol–water partition coefficient (Wildman–Crippen LogP) is 3.14. The third kappa shape index (κ3) is 3.14. The lowest BCUT2D eigenvalue weighted by molar-refractivity contribution is 0.0502. The van der Waals surface area contributed by atoms with E-state index in [1.807, 2.05) is 6.92 Å². The van der Waals surface area contributed by atoms with E-state index in [4.69, 9.17) is 4.74 Å². The highest BCUT2D eigenvalue weighted by Crippen LogP contribution is 2.29. The van der Waals surface area contributed by atoms with E-state index in [9.17, 15) is 13.2 Å². The molecule has 0 unspecified atom stereocenters. The maximum absolute atomic E-state index is 13.1. The maximum atomic E-state index is 13.1. The van der Waals surface area contributed by atoms with Crippen LogP contribution in [0.15, 0.2) is 53.4 Å². The van der Waals surface area contributed by atoms with E-state index < -0.39 is 16.0 Å². The zero-order chi connectivity index (χ0) is 17.2. The van der Waals surface area contributed by atoms with E-state index in [-0.39, 0.29) is 10.5 Å². The molecule has 0 N–H and O–H groups in total. The van der Waals surface area contributed by atoms with Gasteiger partial charge in [0.15, 0.2) is 0 Å². The fraction of sp³-hybridized carbons (Fsp3) is 0.278. The number of cyclic esters (lactones) is 1. The highest BCUT2D eigenvalue weighted by atomic mass is 32.2. The van der Waals surface area contributed by atoms with Crippen molar-refractivity contribution in [3.8, 4) is 0 Å². The molecule has 0 aromatic heterocycles. The Morgan fingerprint density at radius 3 is 2.46 bits per heavy atom. The summed E-state index contributed by atoms with van der Waals surface area (Å²) in [6.45, 7) is 2.51. The van der Waals surface area contributed by atoms with Crippen LogP contribution in [0.4, 0.5) is 5.69 Å². The van der Waals surface area contributed by atoms with Crippen LogP contribution < -0.4 is 4.31 Å². The number of fused-ring (bicyclic) bond motifs is 1. The van der Waals surface area contributed by atoms with Crippen molar-refractivity contribution in [2.45, 2.75) is 24.7 Å². The fourth-order valence-corrected chi connectivity index (χ4v) is 4.19. The normalized spacial score (nSPS) is 15.7. The van der Waals surface area contributed by atoms with Gasteiger partial charge in [0.25, 0.3) is 10.0 Å². The number of anilines is 1. The van der Waals surface area contributed by atoms with Crippen molar-refractivity contribution in [2.24, 2.45) is 0 Å². The second-order valence-electron chi connectivity index (χ2n) is 5.75. The first kappa shape index (κ1) is 16.5. The van der Waals surface area contributed by atoms with E-state index in [0.29, 0.717) is 31.7 Å². The second kappa shape index (κ2) is 6.65. The Kier molecular flexibility index (Phi) is 4.57. The van der Waals surface area contributed by atoms with Crippen LogP contribution in [0.3, 0.4) is 0 Å². The first-order valence-corrected chi connectivity index (χ1v) is 9.30. The SMILES string of the molecule is Cc1ccc(S(=O)(=O)N2CCCCOC(=O)c3ccccc32)cc1. The van der Waals surface area contributed by atoms with Crippen LogP contribution >= 0.6 is 0 Å². The first-order chi connectivity index (χ1) is 11.5. The molecule has 0 fully saturated rings. The molecule has 0 atom stereocenters. The lowest BCUT2D eigenvalue weighted by Gasteiger charge is -2.25. The Labute approximate surface area is 141 Å². The van der Waals surface area contributed by atoms with Gasteiger partial charge in [0.1, 0.15) is 0 Å². The van der Waals surface area contributed by atoms with E-state index in [1.165, 1.54) is 4.31 Å². The van der Waals surface area contributed by atoms with Gasteiger partial charge in [-0.1, -0.05) is 29.8 Å². The van der Waals surface area contributed by atoms with Crippen LogP contribution in [0.25, 0.3) is 0 Å². The standard InChI is InChI=1S/C18H19NO4S/c1-14-8-10-15(11-9-14)24(21,22)19-12-4-5-13-23-18(20)16-6-2-3-7-17(16)19/h2-3,6-11H,4-5,12-13H2,1H3. The average Bonchev–Trinajstić information content (AvgIpc) is 2.65. The van der Waals surface area contributed by atoms with Crippen LogP contribution in [0.1, 0.15) is 28.8 Å². The number of benzene rings is 2. The van der Waals surface area contributed by atoms with Gasteiger partial charge in [-0.3, -0.25) is 4.31 Å². The number of rotatable bonds is 2. The second-order valence-corrected chi connectivity index (χ2v) is 7.61. The Balaban J connectivity index is 2.12. The van der Waals surface area contributed by atoms with Gasteiger partial charge in [-0.25, -0.2) is 13.2 Å². The molecule has 0 amide bonds. The minimum Gasteiger partial charge on any atom is -0.462 e. The van der Waals surface area contributed by atoms with Gasteiger partial charge in [0.2, 0.25) is 0 Å². The number of hydrogen-bond donors (Lipinski definition) is 0. The summed E-state index contributed by atoms with van der Waals surface area (Å²) < 4.78 is 32.8. The van der Waals surface area contributed by atoms with Gasteiger partial charge in [-0.05, 0) is 44.0 Å². The number of carbonyl (C=O) groups excluding carboxylic acids is 1. The van der Waals surface area contributed by atoms with Crippen molar-refractivity contribution < 1.29 is 17.9 Å². The third-order valence-electron chi connectivity index (χ3n) is 3.99. The molecule has 0 radical (unpaired) electrons. The van der Waals surface area contributed by atoms with Crippen molar-refractivity contribution in [3.05, 3.63) is 59.7 Å². The molecule has 3 rings (SSSR count). The Morgan fingerprint density at radius 2 is 1.71 bits per heavy atom. The maximum Gasteiger partial charge on any atom is 0.340 e. The zero-order valence-electron chi connectivity index (χ0n) is 13.4. The van der Waals surface area contributed by atoms with Gasteiger partial charge in [0, 0.05) is 6.54 Å². The number of ether oxygens (including phenoxy) is 1. The number of sulfonamides is 1. The molecule has 0 spiro atoms. The molecular weight excluding hydrogens is 326 g/mol. The number of para-hydroxylation sites is 1. The van der Waals surface area contributed by atoms with E-state index in [0.717, 1.165) is 5.56 Å². The van der Waals surface area contributed by atoms with Crippen molar-refractivity contribution in [1.29, 1.82) is 0 Å². The number of nitrogens with zero attached hydrogens (tertiary/aromatic N) is 1. The molecule has 1 heterocycles. The molecule has 5 nitrogen and oxygen atoms in total. The molecule has 0 aliphatic carbocycles. The van der Waals surface area contributed by atoms with E-state index >= 15 is 0 Å². The third-order valence-corrected chi connectivity index (χ3v) is 5.82. The smallest absolute Gasteiger partial charge is 0.340 e. The van der Waals surface area contributed by atoms with Crippen molar-refractivity contribution >= 4 is 21.7 Å². The topological polar surface area (TPSA) is 63.7 Å². The lowest BCUT2D eigenvalue weighted by atomic mass is 10.2. The monoisotopic (exact) mass is 345 g/mol. The van der Waals surface area contributed by atoms with Crippen LogP contribution in [0, 0.1) is 6.92 Å². The number of esters is 1. The fourth-order valence-electron chi connectivity index (χ4n) is 2.67. The predicted molar refractivity (Wildman–Crippen MR) is 91.7 cm³/mol. The van der Waals surface area contributed by atoms with Crippen molar-refractivity contribution in [1.82, 2.24) is 0 Å². The molecule has 126 valence electrons. The molecule has 6 heteroatoms. The molecule has 0 saturated carbocycles. The summed E-state index contributed by atoms with van der Waals surface area (Å²) in [6, 6.07) is 13.4. The number of aryl methyl sites for hydroxylation is 1. The number of carbonyl (C=O) groups is 1. The Bertz CT molecular complexity index is 844. The average molecular weight is 345 g/mol. The molecule has 2 aromatic rings. The lowest BCUT2D eigenvalue weighted by Crippen LogP contribution is -2.33. The van der Waals surface area contributed by atoms with Gasteiger partial charge in [0.05, 0.1) is 22.8 Å². The van der Waals surface area contributed by atoms with Crippen molar-refractivity contribution in [2.75, 3.05) is 17.5 Å². The van der Waals surface area contributed by atoms with Crippen LogP contribution in [-0.2, 0) is 14.8 Å². The number of hydrogen-bond acceptors (Lipinski definition) is 4. The van der Waals surface area contributed by atoms with Crippen molar-refractivity contribution in [3.63, 3.8) is 0 Å². The van der Waals surface area contributed by atoms with Gasteiger partial charge < -0.3 is 4.74 Å². The van der Waals surface area contributed by atoms with Gasteiger partial charge >= 0.3 is 5.97 Å². The summed E-state index contributed by atoms with van der Waals surface area (Å²) in [5.41, 5.74) is 1.63. The molecule has 0 saturated heterocycles. The quantitative estimate of drug-likeness (QED) is 0.785. The minimum absolute atomic E-state index is 0.218. The summed E-state index contributed by atoms with van der Waals surface area (Å²) in [4.78, 5) is 12.4. The largest absolute Gasteiger partial charge is 0.462 e. The van der Waals surface area contributed by atoms with E-state index in [1.54, 1.807) is 48.5 Å². The zero-order valence-corrected chi connectivity index (χ0v) is 14.3. The molecule has 1 aliphatic heterocycles. The summed E-state index contributed by atoms with van der Waals surface area (Å²) in [5, 5.41) is 0. The molecule has 1 aliphatic rings. The van der Waals surface area contributed by atoms with Gasteiger partial charge in [-0.2, -0.15) is 0 Å². The molecular formula is C18H19NO4S.